The number of carbonyl (C=O) groups is 1. The van der Waals surface area contributed by atoms with Gasteiger partial charge in [0.1, 0.15) is 0 Å². The molecule has 1 amide bonds. The number of aromatic nitrogens is 2. The molecule has 3 aromatic rings. The minimum absolute atomic E-state index is 0.154. The van der Waals surface area contributed by atoms with Crippen molar-refractivity contribution in [3.63, 3.8) is 0 Å². The van der Waals surface area contributed by atoms with Gasteiger partial charge < -0.3 is 10.0 Å². The molecule has 5 heteroatoms. The normalized spacial score (nSPS) is 11.3. The van der Waals surface area contributed by atoms with E-state index in [1.165, 1.54) is 0 Å². The number of aliphatic hydroxyl groups is 1. The summed E-state index contributed by atoms with van der Waals surface area (Å²) in [5.41, 5.74) is 1.41. The number of hydrogen-bond acceptors (Lipinski definition) is 3. The van der Waals surface area contributed by atoms with Crippen LogP contribution < -0.4 is 0 Å². The van der Waals surface area contributed by atoms with Gasteiger partial charge in [-0.2, -0.15) is 5.10 Å². The zero-order valence-electron chi connectivity index (χ0n) is 15.0. The van der Waals surface area contributed by atoms with E-state index in [0.29, 0.717) is 12.1 Å². The third kappa shape index (κ3) is 4.58. The number of hydrogen-bond donors (Lipinski definition) is 1. The lowest BCUT2D eigenvalue weighted by atomic mass is 10.1. The van der Waals surface area contributed by atoms with Crippen molar-refractivity contribution in [2.75, 3.05) is 6.54 Å². The molecular formula is C21H23N3O2. The molecule has 26 heavy (non-hydrogen) atoms. The zero-order chi connectivity index (χ0) is 18.6. The summed E-state index contributed by atoms with van der Waals surface area (Å²) in [5.74, 6) is -0.154. The van der Waals surface area contributed by atoms with Gasteiger partial charge in [0.05, 0.1) is 23.0 Å². The van der Waals surface area contributed by atoms with Crippen LogP contribution in [-0.4, -0.2) is 37.8 Å². The highest BCUT2D eigenvalue weighted by Gasteiger charge is 2.24. The van der Waals surface area contributed by atoms with Crippen molar-refractivity contribution in [1.82, 2.24) is 14.7 Å². The predicted octanol–water partition coefficient (Wildman–Crippen LogP) is 3.29. The molecule has 0 unspecified atom stereocenters. The van der Waals surface area contributed by atoms with Gasteiger partial charge in [-0.15, -0.1) is 0 Å². The Morgan fingerprint density at radius 3 is 2.31 bits per heavy atom. The Hall–Kier alpha value is -2.92. The lowest BCUT2D eigenvalue weighted by molar-refractivity contribution is 0.0280. The van der Waals surface area contributed by atoms with E-state index in [4.69, 9.17) is 0 Å². The second-order valence-corrected chi connectivity index (χ2v) is 6.97. The van der Waals surface area contributed by atoms with Gasteiger partial charge in [0.25, 0.3) is 5.91 Å². The minimum Gasteiger partial charge on any atom is -0.389 e. The minimum atomic E-state index is -0.986. The molecule has 5 nitrogen and oxygen atoms in total. The third-order valence-corrected chi connectivity index (χ3v) is 3.93. The van der Waals surface area contributed by atoms with Crippen molar-refractivity contribution in [3.8, 4) is 5.69 Å². The maximum absolute atomic E-state index is 13.0. The molecule has 0 aliphatic carbocycles. The average molecular weight is 349 g/mol. The van der Waals surface area contributed by atoms with Crippen LogP contribution in [0.4, 0.5) is 0 Å². The molecule has 0 saturated carbocycles. The molecular weight excluding hydrogens is 326 g/mol. The molecule has 0 aliphatic heterocycles. The smallest absolute Gasteiger partial charge is 0.257 e. The molecule has 0 bridgehead atoms. The molecule has 1 N–H and O–H groups in total. The lowest BCUT2D eigenvalue weighted by Gasteiger charge is -2.29. The van der Waals surface area contributed by atoms with Gasteiger partial charge in [-0.1, -0.05) is 48.5 Å². The highest BCUT2D eigenvalue weighted by atomic mass is 16.3. The molecule has 0 spiro atoms. The van der Waals surface area contributed by atoms with Gasteiger partial charge in [-0.3, -0.25) is 4.79 Å². The number of carbonyl (C=O) groups excluding carboxylic acids is 1. The van der Waals surface area contributed by atoms with E-state index in [2.05, 4.69) is 5.10 Å². The summed E-state index contributed by atoms with van der Waals surface area (Å²) in [6.07, 6.45) is 3.29. The first-order chi connectivity index (χ1) is 12.4. The van der Waals surface area contributed by atoms with Crippen LogP contribution in [0.5, 0.6) is 0 Å². The van der Waals surface area contributed by atoms with Crippen LogP contribution in [-0.2, 0) is 6.54 Å². The average Bonchev–Trinajstić information content (AvgIpc) is 3.11. The Labute approximate surface area is 153 Å². The fraction of sp³-hybridized carbons (Fsp3) is 0.238. The van der Waals surface area contributed by atoms with E-state index in [0.717, 1.165) is 11.3 Å². The maximum Gasteiger partial charge on any atom is 0.257 e. The SMILES string of the molecule is CC(C)(O)CN(Cc1ccccc1)C(=O)c1cnn(-c2ccccc2)c1. The summed E-state index contributed by atoms with van der Waals surface area (Å²) >= 11 is 0. The molecule has 2 aromatic carbocycles. The summed E-state index contributed by atoms with van der Waals surface area (Å²) in [7, 11) is 0. The molecule has 0 saturated heterocycles. The fourth-order valence-electron chi connectivity index (χ4n) is 2.81. The Morgan fingerprint density at radius 2 is 1.69 bits per heavy atom. The fourth-order valence-corrected chi connectivity index (χ4v) is 2.81. The molecule has 0 fully saturated rings. The molecule has 0 atom stereocenters. The quantitative estimate of drug-likeness (QED) is 0.743. The van der Waals surface area contributed by atoms with Gasteiger partial charge in [-0.05, 0) is 31.5 Å². The first-order valence-corrected chi connectivity index (χ1v) is 8.58. The summed E-state index contributed by atoms with van der Waals surface area (Å²) < 4.78 is 1.68. The number of benzene rings is 2. The van der Waals surface area contributed by atoms with Crippen molar-refractivity contribution in [2.45, 2.75) is 26.0 Å². The van der Waals surface area contributed by atoms with Crippen LogP contribution in [0.25, 0.3) is 5.69 Å². The second-order valence-electron chi connectivity index (χ2n) is 6.97. The van der Waals surface area contributed by atoms with Crippen molar-refractivity contribution in [3.05, 3.63) is 84.2 Å². The highest BCUT2D eigenvalue weighted by molar-refractivity contribution is 5.93. The van der Waals surface area contributed by atoms with Crippen LogP contribution in [0.2, 0.25) is 0 Å². The van der Waals surface area contributed by atoms with E-state index in [1.807, 2.05) is 60.7 Å². The van der Waals surface area contributed by atoms with Gasteiger partial charge in [0.2, 0.25) is 0 Å². The number of para-hydroxylation sites is 1. The Morgan fingerprint density at radius 1 is 1.08 bits per heavy atom. The monoisotopic (exact) mass is 349 g/mol. The molecule has 1 aromatic heterocycles. The van der Waals surface area contributed by atoms with Crippen molar-refractivity contribution >= 4 is 5.91 Å². The molecule has 134 valence electrons. The van der Waals surface area contributed by atoms with Crippen molar-refractivity contribution in [2.24, 2.45) is 0 Å². The summed E-state index contributed by atoms with van der Waals surface area (Å²) in [5, 5.41) is 14.5. The molecule has 0 radical (unpaired) electrons. The Kier molecular flexibility index (Phi) is 5.19. The number of rotatable bonds is 6. The number of amides is 1. The molecule has 3 rings (SSSR count). The van der Waals surface area contributed by atoms with E-state index in [1.54, 1.807) is 35.8 Å². The van der Waals surface area contributed by atoms with Gasteiger partial charge in [0.15, 0.2) is 0 Å². The van der Waals surface area contributed by atoms with Crippen molar-refractivity contribution < 1.29 is 9.90 Å². The lowest BCUT2D eigenvalue weighted by Crippen LogP contribution is -2.41. The molecule has 1 heterocycles. The maximum atomic E-state index is 13.0. The van der Waals surface area contributed by atoms with Crippen LogP contribution in [0, 0.1) is 0 Å². The van der Waals surface area contributed by atoms with Gasteiger partial charge in [0, 0.05) is 19.3 Å². The Balaban J connectivity index is 1.84. The van der Waals surface area contributed by atoms with E-state index >= 15 is 0 Å². The van der Waals surface area contributed by atoms with E-state index in [-0.39, 0.29) is 12.5 Å². The van der Waals surface area contributed by atoms with Crippen LogP contribution in [0.15, 0.2) is 73.1 Å². The van der Waals surface area contributed by atoms with Crippen LogP contribution >= 0.6 is 0 Å². The second kappa shape index (κ2) is 7.54. The Bertz CT molecular complexity index is 852. The first-order valence-electron chi connectivity index (χ1n) is 8.58. The van der Waals surface area contributed by atoms with Gasteiger partial charge in [-0.25, -0.2) is 4.68 Å². The van der Waals surface area contributed by atoms with E-state index < -0.39 is 5.60 Å². The van der Waals surface area contributed by atoms with E-state index in [9.17, 15) is 9.90 Å². The standard InChI is InChI=1S/C21H23N3O2/c1-21(2,26)16-23(14-17-9-5-3-6-10-17)20(25)18-13-22-24(15-18)19-11-7-4-8-12-19/h3-13,15,26H,14,16H2,1-2H3. The molecule has 0 aliphatic rings. The number of nitrogens with zero attached hydrogens (tertiary/aromatic N) is 3. The van der Waals surface area contributed by atoms with Gasteiger partial charge >= 0.3 is 0 Å². The summed E-state index contributed by atoms with van der Waals surface area (Å²) in [4.78, 5) is 14.7. The predicted molar refractivity (Wildman–Crippen MR) is 101 cm³/mol. The first kappa shape index (κ1) is 17.9. The van der Waals surface area contributed by atoms with Crippen LogP contribution in [0.3, 0.4) is 0 Å². The topological polar surface area (TPSA) is 58.4 Å². The van der Waals surface area contributed by atoms with Crippen LogP contribution in [0.1, 0.15) is 29.8 Å². The largest absolute Gasteiger partial charge is 0.389 e. The zero-order valence-corrected chi connectivity index (χ0v) is 15.0. The summed E-state index contributed by atoms with van der Waals surface area (Å²) in [6, 6.07) is 19.4. The summed E-state index contributed by atoms with van der Waals surface area (Å²) in [6.45, 7) is 4.06. The van der Waals surface area contributed by atoms with Crippen molar-refractivity contribution in [1.29, 1.82) is 0 Å². The third-order valence-electron chi connectivity index (χ3n) is 3.93. The highest BCUT2D eigenvalue weighted by Crippen LogP contribution is 2.15.